The molecule has 5 heteroatoms. The summed E-state index contributed by atoms with van der Waals surface area (Å²) in [6.07, 6.45) is 2.61. The largest absolute Gasteiger partial charge is 0.469 e. The molecule has 0 unspecified atom stereocenters. The van der Waals surface area contributed by atoms with Crippen LogP contribution in [-0.2, 0) is 15.3 Å². The molecule has 0 bridgehead atoms. The summed E-state index contributed by atoms with van der Waals surface area (Å²) < 4.78 is 19.2. The fourth-order valence-corrected chi connectivity index (χ4v) is 3.73. The molecule has 1 aliphatic carbocycles. The number of ether oxygens (including phenoxy) is 1. The van der Waals surface area contributed by atoms with Gasteiger partial charge in [0.15, 0.2) is 0 Å². The molecule has 1 aromatic rings. The number of hydrogen-bond acceptors (Lipinski definition) is 3. The van der Waals surface area contributed by atoms with Gasteiger partial charge in [0.2, 0.25) is 0 Å². The maximum Gasteiger partial charge on any atom is 0.306 e. The first-order valence-corrected chi connectivity index (χ1v) is 8.08. The highest BCUT2D eigenvalue weighted by molar-refractivity contribution is 9.10. The van der Waals surface area contributed by atoms with Crippen LogP contribution in [0.3, 0.4) is 0 Å². The number of carbonyl (C=O) groups is 1. The lowest BCUT2D eigenvalue weighted by molar-refractivity contribution is -0.141. The molecule has 0 saturated heterocycles. The molecule has 1 fully saturated rings. The highest BCUT2D eigenvalue weighted by Gasteiger charge is 2.44. The number of thioether (sulfide) groups is 1. The standard InChI is InChI=1S/C14H16BrFO2S/c1-18-13(17)7-14(4-5-14)9-19-8-10-6-11(15)2-3-12(10)16/h2-3,6H,4-5,7-9H2,1H3. The summed E-state index contributed by atoms with van der Waals surface area (Å²) in [5.74, 6) is 1.20. The maximum absolute atomic E-state index is 13.6. The number of esters is 1. The van der Waals surface area contributed by atoms with E-state index in [0.717, 1.165) is 23.1 Å². The van der Waals surface area contributed by atoms with Crippen molar-refractivity contribution in [2.75, 3.05) is 12.9 Å². The predicted octanol–water partition coefficient (Wildman–Crippen LogP) is 4.16. The number of carbonyl (C=O) groups excluding carboxylic acids is 1. The van der Waals surface area contributed by atoms with Crippen LogP contribution in [0.1, 0.15) is 24.8 Å². The average Bonchev–Trinajstić information content (AvgIpc) is 3.13. The Labute approximate surface area is 125 Å². The minimum Gasteiger partial charge on any atom is -0.469 e. The summed E-state index contributed by atoms with van der Waals surface area (Å²) in [4.78, 5) is 11.3. The van der Waals surface area contributed by atoms with Gasteiger partial charge >= 0.3 is 5.97 Å². The predicted molar refractivity (Wildman–Crippen MR) is 78.6 cm³/mol. The van der Waals surface area contributed by atoms with Crippen molar-refractivity contribution in [2.24, 2.45) is 5.41 Å². The van der Waals surface area contributed by atoms with Gasteiger partial charge in [-0.2, -0.15) is 11.8 Å². The highest BCUT2D eigenvalue weighted by Crippen LogP contribution is 2.51. The Hall–Kier alpha value is -0.550. The number of hydrogen-bond donors (Lipinski definition) is 0. The molecule has 0 radical (unpaired) electrons. The van der Waals surface area contributed by atoms with E-state index in [1.807, 2.05) is 6.07 Å². The van der Waals surface area contributed by atoms with Gasteiger partial charge in [-0.05, 0) is 47.8 Å². The van der Waals surface area contributed by atoms with Crippen LogP contribution >= 0.6 is 27.7 Å². The molecule has 0 aromatic heterocycles. The minimum absolute atomic E-state index is 0.0975. The fourth-order valence-electron chi connectivity index (χ4n) is 1.96. The molecular weight excluding hydrogens is 331 g/mol. The number of methoxy groups -OCH3 is 1. The van der Waals surface area contributed by atoms with Gasteiger partial charge in [-0.1, -0.05) is 15.9 Å². The van der Waals surface area contributed by atoms with Crippen molar-refractivity contribution in [3.63, 3.8) is 0 Å². The molecule has 0 amide bonds. The first kappa shape index (κ1) is 14.9. The second-order valence-corrected chi connectivity index (χ2v) is 6.88. The molecule has 1 aliphatic rings. The smallest absolute Gasteiger partial charge is 0.306 e. The Balaban J connectivity index is 1.83. The molecule has 104 valence electrons. The molecule has 1 saturated carbocycles. The normalized spacial score (nSPS) is 16.2. The Bertz CT molecular complexity index is 475. The third-order valence-corrected chi connectivity index (χ3v) is 5.20. The van der Waals surface area contributed by atoms with Crippen LogP contribution in [0.2, 0.25) is 0 Å². The van der Waals surface area contributed by atoms with Crippen molar-refractivity contribution in [1.82, 2.24) is 0 Å². The quantitative estimate of drug-likeness (QED) is 0.723. The highest BCUT2D eigenvalue weighted by atomic mass is 79.9. The summed E-state index contributed by atoms with van der Waals surface area (Å²) in [6.45, 7) is 0. The van der Waals surface area contributed by atoms with Crippen LogP contribution in [0.15, 0.2) is 22.7 Å². The number of benzene rings is 1. The number of rotatable bonds is 6. The van der Waals surface area contributed by atoms with Crippen LogP contribution in [0, 0.1) is 11.2 Å². The molecule has 0 atom stereocenters. The van der Waals surface area contributed by atoms with E-state index in [9.17, 15) is 9.18 Å². The SMILES string of the molecule is COC(=O)CC1(CSCc2cc(Br)ccc2F)CC1. The summed E-state index contributed by atoms with van der Waals surface area (Å²) in [6, 6.07) is 4.98. The van der Waals surface area contributed by atoms with Crippen molar-refractivity contribution in [3.8, 4) is 0 Å². The Morgan fingerprint density at radius 2 is 2.26 bits per heavy atom. The van der Waals surface area contributed by atoms with Gasteiger partial charge in [0, 0.05) is 10.2 Å². The Kier molecular flexibility index (Phi) is 4.90. The second kappa shape index (κ2) is 6.27. The summed E-state index contributed by atoms with van der Waals surface area (Å²) in [7, 11) is 1.42. The van der Waals surface area contributed by atoms with E-state index in [4.69, 9.17) is 4.74 Å². The first-order chi connectivity index (χ1) is 9.04. The first-order valence-electron chi connectivity index (χ1n) is 6.13. The maximum atomic E-state index is 13.6. The van der Waals surface area contributed by atoms with Gasteiger partial charge in [-0.25, -0.2) is 4.39 Å². The minimum atomic E-state index is -0.173. The molecule has 2 rings (SSSR count). The fraction of sp³-hybridized carbons (Fsp3) is 0.500. The third-order valence-electron chi connectivity index (χ3n) is 3.38. The van der Waals surface area contributed by atoms with Crippen molar-refractivity contribution >= 4 is 33.7 Å². The molecule has 0 aliphatic heterocycles. The molecule has 0 heterocycles. The van der Waals surface area contributed by atoms with Crippen molar-refractivity contribution in [3.05, 3.63) is 34.1 Å². The zero-order valence-electron chi connectivity index (χ0n) is 10.7. The average molecular weight is 347 g/mol. The van der Waals surface area contributed by atoms with Crippen LogP contribution in [0.25, 0.3) is 0 Å². The lowest BCUT2D eigenvalue weighted by atomic mass is 10.1. The van der Waals surface area contributed by atoms with Gasteiger partial charge in [0.1, 0.15) is 5.82 Å². The van der Waals surface area contributed by atoms with E-state index in [2.05, 4.69) is 15.9 Å². The summed E-state index contributed by atoms with van der Waals surface area (Å²) in [5, 5.41) is 0. The summed E-state index contributed by atoms with van der Waals surface area (Å²) in [5.41, 5.74) is 0.800. The van der Waals surface area contributed by atoms with Gasteiger partial charge in [0.25, 0.3) is 0 Å². The Morgan fingerprint density at radius 1 is 1.53 bits per heavy atom. The van der Waals surface area contributed by atoms with Crippen molar-refractivity contribution in [1.29, 1.82) is 0 Å². The van der Waals surface area contributed by atoms with Crippen LogP contribution in [-0.4, -0.2) is 18.8 Å². The van der Waals surface area contributed by atoms with Crippen LogP contribution in [0.5, 0.6) is 0 Å². The number of halogens is 2. The van der Waals surface area contributed by atoms with Crippen molar-refractivity contribution < 1.29 is 13.9 Å². The van der Waals surface area contributed by atoms with Gasteiger partial charge in [0.05, 0.1) is 13.5 Å². The third kappa shape index (κ3) is 4.21. The van der Waals surface area contributed by atoms with E-state index in [0.29, 0.717) is 17.7 Å². The van der Waals surface area contributed by atoms with Gasteiger partial charge in [-0.3, -0.25) is 4.79 Å². The van der Waals surface area contributed by atoms with Crippen LogP contribution < -0.4 is 0 Å². The lowest BCUT2D eigenvalue weighted by Crippen LogP contribution is -2.13. The van der Waals surface area contributed by atoms with E-state index >= 15 is 0 Å². The molecular formula is C14H16BrFO2S. The molecule has 19 heavy (non-hydrogen) atoms. The summed E-state index contributed by atoms with van der Waals surface area (Å²) >= 11 is 5.03. The van der Waals surface area contributed by atoms with Gasteiger partial charge in [-0.15, -0.1) is 0 Å². The van der Waals surface area contributed by atoms with E-state index < -0.39 is 0 Å². The Morgan fingerprint density at radius 3 is 2.89 bits per heavy atom. The van der Waals surface area contributed by atoms with Crippen molar-refractivity contribution in [2.45, 2.75) is 25.0 Å². The van der Waals surface area contributed by atoms with E-state index in [-0.39, 0.29) is 17.2 Å². The van der Waals surface area contributed by atoms with Crippen LogP contribution in [0.4, 0.5) is 4.39 Å². The van der Waals surface area contributed by atoms with E-state index in [1.165, 1.54) is 13.2 Å². The molecule has 1 aromatic carbocycles. The van der Waals surface area contributed by atoms with E-state index in [1.54, 1.807) is 17.8 Å². The molecule has 0 N–H and O–H groups in total. The molecule has 2 nitrogen and oxygen atoms in total. The van der Waals surface area contributed by atoms with Gasteiger partial charge < -0.3 is 4.74 Å². The zero-order chi connectivity index (χ0) is 13.9. The lowest BCUT2D eigenvalue weighted by Gasteiger charge is -2.13. The topological polar surface area (TPSA) is 26.3 Å². The second-order valence-electron chi connectivity index (χ2n) is 4.98. The molecule has 0 spiro atoms. The monoisotopic (exact) mass is 346 g/mol. The zero-order valence-corrected chi connectivity index (χ0v) is 13.2.